The van der Waals surface area contributed by atoms with Crippen molar-refractivity contribution in [2.45, 2.75) is 38.6 Å². The Morgan fingerprint density at radius 1 is 1.35 bits per heavy atom. The highest BCUT2D eigenvalue weighted by Gasteiger charge is 2.49. The molecule has 1 aliphatic heterocycles. The Balaban J connectivity index is 1.86. The van der Waals surface area contributed by atoms with Crippen molar-refractivity contribution in [3.63, 3.8) is 0 Å². The summed E-state index contributed by atoms with van der Waals surface area (Å²) < 4.78 is 0. The molecule has 0 spiro atoms. The molecule has 5 heteroatoms. The largest absolute Gasteiger partial charge is 0.344 e. The lowest BCUT2D eigenvalue weighted by Gasteiger charge is -2.23. The molecule has 96 valence electrons. The van der Waals surface area contributed by atoms with Crippen LogP contribution in [0.4, 0.5) is 0 Å². The molecular weight excluding hydrogens is 218 g/mol. The second-order valence-electron chi connectivity index (χ2n) is 5.21. The number of nitrogens with zero attached hydrogens (tertiary/aromatic N) is 1. The van der Waals surface area contributed by atoms with Crippen molar-refractivity contribution in [2.24, 2.45) is 11.1 Å². The molecule has 1 saturated heterocycles. The zero-order valence-corrected chi connectivity index (χ0v) is 10.4. The van der Waals surface area contributed by atoms with Gasteiger partial charge < -0.3 is 16.0 Å². The molecule has 1 saturated carbocycles. The second-order valence-corrected chi connectivity index (χ2v) is 5.21. The summed E-state index contributed by atoms with van der Waals surface area (Å²) >= 11 is 0. The first-order valence-electron chi connectivity index (χ1n) is 6.39. The number of hydrogen-bond acceptors (Lipinski definition) is 3. The molecule has 1 atom stereocenters. The van der Waals surface area contributed by atoms with Gasteiger partial charge in [-0.05, 0) is 32.6 Å². The lowest BCUT2D eigenvalue weighted by atomic mass is 10.1. The highest BCUT2D eigenvalue weighted by molar-refractivity contribution is 5.91. The number of nitrogens with two attached hydrogens (primary N) is 1. The van der Waals surface area contributed by atoms with Gasteiger partial charge in [-0.2, -0.15) is 0 Å². The van der Waals surface area contributed by atoms with Crippen LogP contribution in [-0.4, -0.2) is 42.4 Å². The van der Waals surface area contributed by atoms with E-state index in [1.807, 2.05) is 4.90 Å². The first-order valence-corrected chi connectivity index (χ1v) is 6.39. The van der Waals surface area contributed by atoms with E-state index in [2.05, 4.69) is 5.32 Å². The van der Waals surface area contributed by atoms with Crippen molar-refractivity contribution in [3.05, 3.63) is 0 Å². The number of carbonyl (C=O) groups is 2. The van der Waals surface area contributed by atoms with Crippen LogP contribution in [0.1, 0.15) is 32.6 Å². The van der Waals surface area contributed by atoms with Gasteiger partial charge in [0.15, 0.2) is 0 Å². The number of likely N-dealkylation sites (tertiary alicyclic amines) is 1. The molecule has 3 N–H and O–H groups in total. The topological polar surface area (TPSA) is 75.4 Å². The van der Waals surface area contributed by atoms with Crippen LogP contribution in [0.5, 0.6) is 0 Å². The molecule has 5 nitrogen and oxygen atoms in total. The van der Waals surface area contributed by atoms with Gasteiger partial charge in [-0.15, -0.1) is 0 Å². The lowest BCUT2D eigenvalue weighted by molar-refractivity contribution is -0.136. The Bertz CT molecular complexity index is 320. The normalized spacial score (nSPS) is 23.3. The van der Waals surface area contributed by atoms with Crippen LogP contribution in [0.25, 0.3) is 0 Å². The molecule has 1 heterocycles. The zero-order valence-electron chi connectivity index (χ0n) is 10.4. The Morgan fingerprint density at radius 3 is 2.41 bits per heavy atom. The van der Waals surface area contributed by atoms with Gasteiger partial charge in [0.25, 0.3) is 0 Å². The Kier molecular flexibility index (Phi) is 3.38. The van der Waals surface area contributed by atoms with E-state index in [4.69, 9.17) is 5.73 Å². The summed E-state index contributed by atoms with van der Waals surface area (Å²) in [7, 11) is 0. The molecular formula is C12H21N3O2. The van der Waals surface area contributed by atoms with E-state index in [1.165, 1.54) is 0 Å². The van der Waals surface area contributed by atoms with Gasteiger partial charge in [0.1, 0.15) is 6.04 Å². The molecule has 2 amide bonds. The number of hydrogen-bond donors (Lipinski definition) is 2. The maximum absolute atomic E-state index is 12.0. The summed E-state index contributed by atoms with van der Waals surface area (Å²) in [5, 5.41) is 2.80. The van der Waals surface area contributed by atoms with Gasteiger partial charge in [-0.3, -0.25) is 9.59 Å². The van der Waals surface area contributed by atoms with Gasteiger partial charge in [-0.1, -0.05) is 0 Å². The fraction of sp³-hybridized carbons (Fsp3) is 0.833. The highest BCUT2D eigenvalue weighted by atomic mass is 16.2. The van der Waals surface area contributed by atoms with Gasteiger partial charge in [0.05, 0.1) is 5.41 Å². The standard InChI is InChI=1S/C12H21N3O2/c1-9(10(16)15-6-2-3-7-15)14-11(17)12(8-13)4-5-12/h9H,2-8,13H2,1H3,(H,14,17). The average Bonchev–Trinajstić information content (AvgIpc) is 2.95. The van der Waals surface area contributed by atoms with Crippen molar-refractivity contribution in [2.75, 3.05) is 19.6 Å². The van der Waals surface area contributed by atoms with Crippen LogP contribution in [0, 0.1) is 5.41 Å². The van der Waals surface area contributed by atoms with Crippen LogP contribution >= 0.6 is 0 Å². The smallest absolute Gasteiger partial charge is 0.244 e. The van der Waals surface area contributed by atoms with E-state index < -0.39 is 6.04 Å². The fourth-order valence-corrected chi connectivity index (χ4v) is 2.30. The second kappa shape index (κ2) is 4.64. The summed E-state index contributed by atoms with van der Waals surface area (Å²) in [6.45, 7) is 3.77. The average molecular weight is 239 g/mol. The molecule has 0 aromatic rings. The van der Waals surface area contributed by atoms with Crippen molar-refractivity contribution in [3.8, 4) is 0 Å². The third-order valence-corrected chi connectivity index (χ3v) is 3.86. The lowest BCUT2D eigenvalue weighted by Crippen LogP contribution is -2.49. The number of rotatable bonds is 4. The van der Waals surface area contributed by atoms with Gasteiger partial charge in [0, 0.05) is 19.6 Å². The molecule has 2 aliphatic rings. The van der Waals surface area contributed by atoms with E-state index in [9.17, 15) is 9.59 Å². The predicted molar refractivity (Wildman–Crippen MR) is 64.1 cm³/mol. The molecule has 2 fully saturated rings. The number of amides is 2. The maximum atomic E-state index is 12.0. The van der Waals surface area contributed by atoms with E-state index in [0.717, 1.165) is 38.8 Å². The Hall–Kier alpha value is -1.10. The first-order chi connectivity index (χ1) is 8.09. The molecule has 0 aromatic heterocycles. The monoisotopic (exact) mass is 239 g/mol. The minimum absolute atomic E-state index is 0.0312. The SMILES string of the molecule is CC(NC(=O)C1(CN)CC1)C(=O)N1CCCC1. The van der Waals surface area contributed by atoms with E-state index >= 15 is 0 Å². The van der Waals surface area contributed by atoms with Gasteiger partial charge >= 0.3 is 0 Å². The molecule has 0 aromatic carbocycles. The zero-order chi connectivity index (χ0) is 12.5. The van der Waals surface area contributed by atoms with E-state index in [-0.39, 0.29) is 17.2 Å². The third kappa shape index (κ3) is 2.44. The Morgan fingerprint density at radius 2 is 1.94 bits per heavy atom. The third-order valence-electron chi connectivity index (χ3n) is 3.86. The van der Waals surface area contributed by atoms with Crippen LogP contribution in [0.3, 0.4) is 0 Å². The fourth-order valence-electron chi connectivity index (χ4n) is 2.30. The molecule has 0 bridgehead atoms. The van der Waals surface area contributed by atoms with Crippen molar-refractivity contribution in [1.82, 2.24) is 10.2 Å². The molecule has 1 unspecified atom stereocenters. The molecule has 17 heavy (non-hydrogen) atoms. The van der Waals surface area contributed by atoms with Gasteiger partial charge in [0.2, 0.25) is 11.8 Å². The van der Waals surface area contributed by atoms with Crippen LogP contribution in [0.15, 0.2) is 0 Å². The van der Waals surface area contributed by atoms with Crippen molar-refractivity contribution >= 4 is 11.8 Å². The molecule has 0 radical (unpaired) electrons. The summed E-state index contributed by atoms with van der Waals surface area (Å²) in [5.41, 5.74) is 5.21. The van der Waals surface area contributed by atoms with Crippen molar-refractivity contribution < 1.29 is 9.59 Å². The summed E-state index contributed by atoms with van der Waals surface area (Å²) in [6, 6.07) is -0.426. The maximum Gasteiger partial charge on any atom is 0.244 e. The number of nitrogens with one attached hydrogen (secondary N) is 1. The van der Waals surface area contributed by atoms with E-state index in [1.54, 1.807) is 6.92 Å². The molecule has 1 aliphatic carbocycles. The predicted octanol–water partition coefficient (Wildman–Crippen LogP) is -0.148. The number of carbonyl (C=O) groups excluding carboxylic acids is 2. The van der Waals surface area contributed by atoms with Crippen LogP contribution in [0.2, 0.25) is 0 Å². The first kappa shape index (κ1) is 12.4. The minimum atomic E-state index is -0.426. The summed E-state index contributed by atoms with van der Waals surface area (Å²) in [4.78, 5) is 25.7. The van der Waals surface area contributed by atoms with Gasteiger partial charge in [-0.25, -0.2) is 0 Å². The van der Waals surface area contributed by atoms with Crippen molar-refractivity contribution in [1.29, 1.82) is 0 Å². The molecule has 2 rings (SSSR count). The highest BCUT2D eigenvalue weighted by Crippen LogP contribution is 2.44. The van der Waals surface area contributed by atoms with E-state index in [0.29, 0.717) is 6.54 Å². The quantitative estimate of drug-likeness (QED) is 0.716. The summed E-state index contributed by atoms with van der Waals surface area (Å²) in [5.74, 6) is -0.0243. The minimum Gasteiger partial charge on any atom is -0.344 e. The summed E-state index contributed by atoms with van der Waals surface area (Å²) in [6.07, 6.45) is 3.83. The van der Waals surface area contributed by atoms with Crippen LogP contribution < -0.4 is 11.1 Å². The Labute approximate surface area is 102 Å². The van der Waals surface area contributed by atoms with Crippen LogP contribution in [-0.2, 0) is 9.59 Å².